The van der Waals surface area contributed by atoms with E-state index in [4.69, 9.17) is 0 Å². The number of carbonyl (C=O) groups excluding carboxylic acids is 1. The molecular formula is C19H26N3O3S2+. The summed E-state index contributed by atoms with van der Waals surface area (Å²) < 4.78 is 26.9. The van der Waals surface area contributed by atoms with Crippen LogP contribution in [0.5, 0.6) is 0 Å². The largest absolute Gasteiger partial charge is 0.325 e. The number of likely N-dealkylation sites (N-methyl/N-ethyl adjacent to an activating group) is 1. The summed E-state index contributed by atoms with van der Waals surface area (Å²) in [6.07, 6.45) is 2.91. The molecule has 2 heterocycles. The number of amides is 1. The van der Waals surface area contributed by atoms with Gasteiger partial charge in [-0.25, -0.2) is 8.42 Å². The Kier molecular flexibility index (Phi) is 6.64. The summed E-state index contributed by atoms with van der Waals surface area (Å²) in [5, 5.41) is 4.88. The van der Waals surface area contributed by atoms with Crippen LogP contribution in [0.1, 0.15) is 24.1 Å². The molecule has 27 heavy (non-hydrogen) atoms. The van der Waals surface area contributed by atoms with E-state index in [2.05, 4.69) is 11.4 Å². The first kappa shape index (κ1) is 20.0. The Morgan fingerprint density at radius 3 is 2.48 bits per heavy atom. The molecule has 1 amide bonds. The Bertz CT molecular complexity index is 843. The highest BCUT2D eigenvalue weighted by Gasteiger charge is 2.25. The molecule has 0 radical (unpaired) electrons. The van der Waals surface area contributed by atoms with E-state index in [1.807, 2.05) is 18.5 Å². The van der Waals surface area contributed by atoms with Crippen LogP contribution in [0.25, 0.3) is 0 Å². The summed E-state index contributed by atoms with van der Waals surface area (Å²) in [4.78, 5) is 14.8. The molecule has 3 rings (SSSR count). The van der Waals surface area contributed by atoms with Gasteiger partial charge in [0.2, 0.25) is 10.0 Å². The smallest absolute Gasteiger partial charge is 0.279 e. The first-order valence-corrected chi connectivity index (χ1v) is 11.5. The predicted molar refractivity (Wildman–Crippen MR) is 107 cm³/mol. The van der Waals surface area contributed by atoms with Crippen LogP contribution in [0.15, 0.2) is 46.7 Å². The van der Waals surface area contributed by atoms with Crippen molar-refractivity contribution in [3.05, 3.63) is 46.7 Å². The number of quaternary nitrogens is 1. The second kappa shape index (κ2) is 8.97. The highest BCUT2D eigenvalue weighted by Crippen LogP contribution is 2.21. The zero-order valence-electron chi connectivity index (χ0n) is 15.5. The van der Waals surface area contributed by atoms with Gasteiger partial charge in [-0.05, 0) is 48.6 Å². The average Bonchev–Trinajstić information content (AvgIpc) is 3.15. The molecule has 1 saturated heterocycles. The molecule has 1 atom stereocenters. The summed E-state index contributed by atoms with van der Waals surface area (Å²) in [6.45, 7) is 2.32. The second-order valence-electron chi connectivity index (χ2n) is 6.93. The van der Waals surface area contributed by atoms with E-state index < -0.39 is 10.0 Å². The number of carbonyl (C=O) groups is 1. The summed E-state index contributed by atoms with van der Waals surface area (Å²) >= 11 is 1.68. The van der Waals surface area contributed by atoms with E-state index in [1.54, 1.807) is 39.9 Å². The van der Waals surface area contributed by atoms with Gasteiger partial charge in [0.05, 0.1) is 16.8 Å². The van der Waals surface area contributed by atoms with Crippen LogP contribution in [0.4, 0.5) is 5.69 Å². The Morgan fingerprint density at radius 1 is 1.15 bits per heavy atom. The zero-order valence-corrected chi connectivity index (χ0v) is 17.1. The van der Waals surface area contributed by atoms with Crippen molar-refractivity contribution in [1.82, 2.24) is 4.31 Å². The number of thiophene rings is 1. The maximum Gasteiger partial charge on any atom is 0.279 e. The molecule has 2 N–H and O–H groups in total. The van der Waals surface area contributed by atoms with Gasteiger partial charge in [-0.1, -0.05) is 12.5 Å². The third kappa shape index (κ3) is 5.38. The first-order valence-electron chi connectivity index (χ1n) is 9.19. The highest BCUT2D eigenvalue weighted by atomic mass is 32.2. The Hall–Kier alpha value is -1.74. The fraction of sp³-hybridized carbons (Fsp3) is 0.421. The fourth-order valence-corrected chi connectivity index (χ4v) is 5.55. The molecule has 1 fully saturated rings. The average molecular weight is 409 g/mol. The summed E-state index contributed by atoms with van der Waals surface area (Å²) in [5.41, 5.74) is 0.613. The summed E-state index contributed by atoms with van der Waals surface area (Å²) in [6, 6.07) is 10.5. The Balaban J connectivity index is 1.56. The number of rotatable bonds is 7. The molecule has 8 heteroatoms. The fourth-order valence-electron chi connectivity index (χ4n) is 3.22. The van der Waals surface area contributed by atoms with Gasteiger partial charge in [-0.2, -0.15) is 4.31 Å². The standard InChI is InChI=1S/C19H25N3O3S2/c1-21(14-17-6-5-13-26-17)15-19(23)20-16-7-9-18(10-8-16)27(24,25)22-11-3-2-4-12-22/h5-10,13H,2-4,11-12,14-15H2,1H3,(H,20,23)/p+1. The summed E-state index contributed by atoms with van der Waals surface area (Å²) in [7, 11) is -1.46. The van der Waals surface area contributed by atoms with Crippen molar-refractivity contribution in [2.45, 2.75) is 30.7 Å². The maximum atomic E-state index is 12.7. The minimum atomic E-state index is -3.44. The second-order valence-corrected chi connectivity index (χ2v) is 9.90. The van der Waals surface area contributed by atoms with E-state index in [9.17, 15) is 13.2 Å². The van der Waals surface area contributed by atoms with Crippen LogP contribution in [-0.4, -0.2) is 45.3 Å². The molecule has 1 unspecified atom stereocenters. The molecule has 1 aromatic carbocycles. The summed E-state index contributed by atoms with van der Waals surface area (Å²) in [5.74, 6) is -0.0873. The van der Waals surface area contributed by atoms with Gasteiger partial charge < -0.3 is 10.2 Å². The predicted octanol–water partition coefficient (Wildman–Crippen LogP) is 1.58. The SMILES string of the molecule is C[NH+](CC(=O)Nc1ccc(S(=O)(=O)N2CCCCC2)cc1)Cc1cccs1. The van der Waals surface area contributed by atoms with Crippen LogP contribution < -0.4 is 10.2 Å². The Labute approximate surface area is 164 Å². The molecule has 0 spiro atoms. The minimum absolute atomic E-state index is 0.0873. The van der Waals surface area contributed by atoms with Gasteiger partial charge in [-0.3, -0.25) is 4.79 Å². The molecular weight excluding hydrogens is 382 g/mol. The third-order valence-corrected chi connectivity index (χ3v) is 7.40. The highest BCUT2D eigenvalue weighted by molar-refractivity contribution is 7.89. The molecule has 0 bridgehead atoms. The van der Waals surface area contributed by atoms with Crippen molar-refractivity contribution < 1.29 is 18.1 Å². The van der Waals surface area contributed by atoms with Crippen molar-refractivity contribution in [2.24, 2.45) is 0 Å². The lowest BCUT2D eigenvalue weighted by Crippen LogP contribution is -3.08. The van der Waals surface area contributed by atoms with Crippen molar-refractivity contribution in [1.29, 1.82) is 0 Å². The number of nitrogens with zero attached hydrogens (tertiary/aromatic N) is 1. The van der Waals surface area contributed by atoms with Crippen LogP contribution in [-0.2, 0) is 21.4 Å². The monoisotopic (exact) mass is 408 g/mol. The lowest BCUT2D eigenvalue weighted by molar-refractivity contribution is -0.884. The number of piperidine rings is 1. The molecule has 1 aromatic heterocycles. The molecule has 0 saturated carbocycles. The van der Waals surface area contributed by atoms with E-state index in [0.29, 0.717) is 25.3 Å². The van der Waals surface area contributed by atoms with Crippen LogP contribution >= 0.6 is 11.3 Å². The van der Waals surface area contributed by atoms with Crippen LogP contribution in [0, 0.1) is 0 Å². The number of sulfonamides is 1. The quantitative estimate of drug-likeness (QED) is 0.731. The van der Waals surface area contributed by atoms with Gasteiger partial charge in [0.15, 0.2) is 6.54 Å². The van der Waals surface area contributed by atoms with Gasteiger partial charge in [-0.15, -0.1) is 11.3 Å². The van der Waals surface area contributed by atoms with Crippen LogP contribution in [0.3, 0.4) is 0 Å². The van der Waals surface area contributed by atoms with E-state index in [0.717, 1.165) is 30.7 Å². The van der Waals surface area contributed by atoms with Crippen molar-refractivity contribution in [3.63, 3.8) is 0 Å². The van der Waals surface area contributed by atoms with Crippen molar-refractivity contribution in [2.75, 3.05) is 32.0 Å². The molecule has 146 valence electrons. The number of nitrogens with one attached hydrogen (secondary N) is 2. The van der Waals surface area contributed by atoms with E-state index in [1.165, 1.54) is 4.88 Å². The molecule has 6 nitrogen and oxygen atoms in total. The number of hydrogen-bond acceptors (Lipinski definition) is 4. The minimum Gasteiger partial charge on any atom is -0.325 e. The van der Waals surface area contributed by atoms with Gasteiger partial charge in [0.25, 0.3) is 5.91 Å². The molecule has 1 aliphatic rings. The van der Waals surface area contributed by atoms with Gasteiger partial charge >= 0.3 is 0 Å². The van der Waals surface area contributed by atoms with Crippen LogP contribution in [0.2, 0.25) is 0 Å². The third-order valence-electron chi connectivity index (χ3n) is 4.61. The van der Waals surface area contributed by atoms with Crippen molar-refractivity contribution >= 4 is 33.0 Å². The number of hydrogen-bond donors (Lipinski definition) is 2. The lowest BCUT2D eigenvalue weighted by atomic mass is 10.2. The normalized spacial score (nSPS) is 16.8. The Morgan fingerprint density at radius 2 is 1.85 bits per heavy atom. The molecule has 1 aliphatic heterocycles. The van der Waals surface area contributed by atoms with Gasteiger partial charge in [0, 0.05) is 18.8 Å². The first-order chi connectivity index (χ1) is 12.9. The van der Waals surface area contributed by atoms with Crippen molar-refractivity contribution in [3.8, 4) is 0 Å². The zero-order chi connectivity index (χ0) is 19.3. The number of benzene rings is 1. The lowest BCUT2D eigenvalue weighted by Gasteiger charge is -2.25. The van der Waals surface area contributed by atoms with E-state index >= 15 is 0 Å². The van der Waals surface area contributed by atoms with E-state index in [-0.39, 0.29) is 10.8 Å². The molecule has 0 aliphatic carbocycles. The maximum absolute atomic E-state index is 12.7. The topological polar surface area (TPSA) is 70.9 Å². The van der Waals surface area contributed by atoms with Gasteiger partial charge in [0.1, 0.15) is 6.54 Å². The molecule has 2 aromatic rings. The number of anilines is 1.